The van der Waals surface area contributed by atoms with E-state index >= 15 is 0 Å². The first kappa shape index (κ1) is 21.9. The van der Waals surface area contributed by atoms with E-state index in [0.717, 1.165) is 56.3 Å². The third kappa shape index (κ3) is 5.64. The Morgan fingerprint density at radius 1 is 1.28 bits per heavy atom. The van der Waals surface area contributed by atoms with E-state index < -0.39 is 0 Å². The number of amides is 1. The van der Waals surface area contributed by atoms with Crippen molar-refractivity contribution in [2.75, 3.05) is 20.1 Å². The molecular formula is C23H25FN3OPb. The number of carbonyl (C=O) groups is 1. The number of benzene rings is 2. The van der Waals surface area contributed by atoms with Gasteiger partial charge in [-0.2, -0.15) is 0 Å². The Hall–Kier alpha value is -1.79. The second-order valence-corrected chi connectivity index (χ2v) is 9.82. The standard InChI is InChI=1S/C23H25FN3O.Pb/c1-26(13-5-8-18-9-11-20(24)12-10-18)22-15-21(16-25)27(17-22)23(28)14-19-6-3-2-4-7-19;/h2-4,6-7,9-12,14,21-22H,5,8,13,15,17H2,1H3;. The van der Waals surface area contributed by atoms with E-state index in [1.165, 1.54) is 12.1 Å². The summed E-state index contributed by atoms with van der Waals surface area (Å²) in [6, 6.07) is 18.7. The van der Waals surface area contributed by atoms with Crippen LogP contribution >= 0.6 is 0 Å². The Bertz CT molecular complexity index is 853. The molecule has 1 aliphatic rings. The number of halogens is 1. The van der Waals surface area contributed by atoms with E-state index in [2.05, 4.69) is 18.0 Å². The summed E-state index contributed by atoms with van der Waals surface area (Å²) in [4.78, 5) is 17.1. The average molecular weight is 586 g/mol. The zero-order chi connectivity index (χ0) is 20.8. The molecule has 3 radical (unpaired) electrons. The van der Waals surface area contributed by atoms with E-state index in [4.69, 9.17) is 0 Å². The zero-order valence-corrected chi connectivity index (χ0v) is 20.5. The molecular weight excluding hydrogens is 560 g/mol. The van der Waals surface area contributed by atoms with Crippen molar-refractivity contribution in [3.05, 3.63) is 71.5 Å². The van der Waals surface area contributed by atoms with E-state index in [0.29, 0.717) is 13.0 Å². The van der Waals surface area contributed by atoms with Crippen molar-refractivity contribution in [1.29, 1.82) is 5.26 Å². The molecule has 2 aromatic rings. The fourth-order valence-electron chi connectivity index (χ4n) is 3.82. The number of hydrogen-bond donors (Lipinski definition) is 0. The molecule has 3 atom stereocenters. The topological polar surface area (TPSA) is 47.3 Å². The molecule has 0 aliphatic carbocycles. The predicted octanol–water partition coefficient (Wildman–Crippen LogP) is 3.09. The number of nitrogens with zero attached hydrogens (tertiary/aromatic N) is 3. The van der Waals surface area contributed by atoms with Crippen LogP contribution < -0.4 is 0 Å². The van der Waals surface area contributed by atoms with Gasteiger partial charge in [-0.3, -0.25) is 0 Å². The number of rotatable bonds is 7. The molecule has 0 spiro atoms. The van der Waals surface area contributed by atoms with E-state index in [9.17, 15) is 14.4 Å². The molecule has 4 nitrogen and oxygen atoms in total. The third-order valence-corrected chi connectivity index (χ3v) is 7.86. The van der Waals surface area contributed by atoms with Gasteiger partial charge in [0.15, 0.2) is 0 Å². The van der Waals surface area contributed by atoms with Crippen molar-refractivity contribution in [1.82, 2.24) is 9.80 Å². The van der Waals surface area contributed by atoms with Crippen LogP contribution in [0.4, 0.5) is 4.39 Å². The monoisotopic (exact) mass is 586 g/mol. The normalized spacial score (nSPS) is 19.9. The molecule has 1 saturated heterocycles. The fraction of sp³-hybridized carbons (Fsp3) is 0.391. The van der Waals surface area contributed by atoms with Crippen molar-refractivity contribution < 1.29 is 9.18 Å². The summed E-state index contributed by atoms with van der Waals surface area (Å²) in [5.74, 6) is -0.131. The Labute approximate surface area is 188 Å². The van der Waals surface area contributed by atoms with Crippen LogP contribution in [0.1, 0.15) is 27.4 Å². The number of nitriles is 1. The minimum atomic E-state index is -0.354. The molecule has 1 amide bonds. The fourth-order valence-corrected chi connectivity index (χ4v) is 5.21. The molecule has 1 fully saturated rings. The molecule has 29 heavy (non-hydrogen) atoms. The number of likely N-dealkylation sites (N-methyl/N-ethyl adjacent to an activating group) is 1. The summed E-state index contributed by atoms with van der Waals surface area (Å²) < 4.78 is 12.9. The molecule has 0 saturated carbocycles. The molecule has 6 heteroatoms. The molecule has 1 heterocycles. The summed E-state index contributed by atoms with van der Waals surface area (Å²) in [6.45, 7) is 1.49. The molecule has 3 unspecified atom stereocenters. The first-order valence-electron chi connectivity index (χ1n) is 9.90. The maximum absolute atomic E-state index is 13.1. The van der Waals surface area contributed by atoms with Crippen LogP contribution in [0.2, 0.25) is 0 Å². The third-order valence-electron chi connectivity index (χ3n) is 5.60. The number of likely N-dealkylation sites (tertiary alicyclic amines) is 1. The van der Waals surface area contributed by atoms with Gasteiger partial charge in [-0.05, 0) is 0 Å². The summed E-state index contributed by atoms with van der Waals surface area (Å²) >= 11 is 0.725. The van der Waals surface area contributed by atoms with Crippen molar-refractivity contribution in [2.45, 2.75) is 34.8 Å². The summed E-state index contributed by atoms with van der Waals surface area (Å²) in [5, 5.41) is 9.60. The Morgan fingerprint density at radius 3 is 2.62 bits per heavy atom. The number of carbonyl (C=O) groups excluding carboxylic acids is 1. The van der Waals surface area contributed by atoms with Crippen LogP contribution in [0.25, 0.3) is 0 Å². The van der Waals surface area contributed by atoms with Crippen LogP contribution in [-0.2, 0) is 11.2 Å². The molecule has 3 rings (SSSR count). The van der Waals surface area contributed by atoms with Gasteiger partial charge in [0.05, 0.1) is 0 Å². The van der Waals surface area contributed by atoms with E-state index in [-0.39, 0.29) is 27.3 Å². The first-order chi connectivity index (χ1) is 14.0. The zero-order valence-electron chi connectivity index (χ0n) is 16.6. The predicted molar refractivity (Wildman–Crippen MR) is 112 cm³/mol. The Kier molecular flexibility index (Phi) is 7.78. The van der Waals surface area contributed by atoms with Crippen molar-refractivity contribution >= 4 is 31.7 Å². The Balaban J connectivity index is 1.55. The molecule has 0 N–H and O–H groups in total. The summed E-state index contributed by atoms with van der Waals surface area (Å²) in [6.07, 6.45) is 2.54. The molecule has 2 aromatic carbocycles. The van der Waals surface area contributed by atoms with Gasteiger partial charge < -0.3 is 0 Å². The average Bonchev–Trinajstić information content (AvgIpc) is 3.19. The summed E-state index contributed by atoms with van der Waals surface area (Å²) in [7, 11) is 2.06. The van der Waals surface area contributed by atoms with Crippen LogP contribution in [0.15, 0.2) is 54.6 Å². The van der Waals surface area contributed by atoms with Crippen LogP contribution in [0.5, 0.6) is 0 Å². The molecule has 0 aromatic heterocycles. The van der Waals surface area contributed by atoms with Crippen LogP contribution in [0, 0.1) is 17.1 Å². The van der Waals surface area contributed by atoms with Gasteiger partial charge in [-0.1, -0.05) is 0 Å². The second-order valence-electron chi connectivity index (χ2n) is 7.58. The molecule has 149 valence electrons. The quantitative estimate of drug-likeness (QED) is 0.470. The van der Waals surface area contributed by atoms with E-state index in [1.807, 2.05) is 42.5 Å². The number of hydrogen-bond acceptors (Lipinski definition) is 3. The van der Waals surface area contributed by atoms with Crippen molar-refractivity contribution in [2.24, 2.45) is 0 Å². The van der Waals surface area contributed by atoms with Gasteiger partial charge in [-0.15, -0.1) is 0 Å². The van der Waals surface area contributed by atoms with Gasteiger partial charge in [-0.25, -0.2) is 4.39 Å². The van der Waals surface area contributed by atoms with Crippen molar-refractivity contribution in [3.63, 3.8) is 0 Å². The summed E-state index contributed by atoms with van der Waals surface area (Å²) in [5.41, 5.74) is 2.16. The van der Waals surface area contributed by atoms with Gasteiger partial charge >= 0.3 is 178 Å². The Morgan fingerprint density at radius 2 is 1.97 bits per heavy atom. The molecule has 0 bridgehead atoms. The van der Waals surface area contributed by atoms with Crippen LogP contribution in [-0.4, -0.2) is 73.7 Å². The van der Waals surface area contributed by atoms with Crippen LogP contribution in [0.3, 0.4) is 0 Å². The van der Waals surface area contributed by atoms with Gasteiger partial charge in [0, 0.05) is 0 Å². The van der Waals surface area contributed by atoms with Gasteiger partial charge in [0.25, 0.3) is 0 Å². The minimum absolute atomic E-state index is 0.0802. The second kappa shape index (κ2) is 10.3. The SMILES string of the molecule is CN(CCCc1ccc(F)cc1)C1CC(C#N)N(C(=O)[CH]([Pb])c2ccccc2)C1. The molecule has 1 aliphatic heterocycles. The van der Waals surface area contributed by atoms with Gasteiger partial charge in [0.1, 0.15) is 5.82 Å². The van der Waals surface area contributed by atoms with Crippen molar-refractivity contribution in [3.8, 4) is 6.07 Å². The van der Waals surface area contributed by atoms with Gasteiger partial charge in [0.2, 0.25) is 0 Å². The maximum atomic E-state index is 13.1. The number of aryl methyl sites for hydroxylation is 1. The first-order valence-corrected chi connectivity index (χ1v) is 12.1. The van der Waals surface area contributed by atoms with E-state index in [1.54, 1.807) is 4.90 Å².